The molecule has 0 aromatic rings. The van der Waals surface area contributed by atoms with Gasteiger partial charge in [-0.05, 0) is 37.3 Å². The first-order valence-corrected chi connectivity index (χ1v) is 6.32. The highest BCUT2D eigenvalue weighted by Gasteiger charge is 2.39. The summed E-state index contributed by atoms with van der Waals surface area (Å²) in [6.45, 7) is 3.00. The molecule has 1 heterocycles. The van der Waals surface area contributed by atoms with E-state index in [0.717, 1.165) is 37.3 Å². The summed E-state index contributed by atoms with van der Waals surface area (Å²) in [5, 5.41) is 3.35. The molecule has 14 heavy (non-hydrogen) atoms. The summed E-state index contributed by atoms with van der Waals surface area (Å²) in [5.74, 6) is 2.00. The van der Waals surface area contributed by atoms with Crippen molar-refractivity contribution in [2.45, 2.75) is 31.7 Å². The minimum atomic E-state index is -0.393. The zero-order valence-electron chi connectivity index (χ0n) is 8.97. The number of nitrogens with one attached hydrogen (secondary N) is 1. The van der Waals surface area contributed by atoms with Gasteiger partial charge in [0.1, 0.15) is 5.54 Å². The molecule has 1 N–H and O–H groups in total. The Labute approximate surface area is 90.0 Å². The molecular weight excluding hydrogens is 198 g/mol. The highest BCUT2D eigenvalue weighted by molar-refractivity contribution is 7.99. The van der Waals surface area contributed by atoms with Crippen LogP contribution < -0.4 is 5.32 Å². The Morgan fingerprint density at radius 1 is 1.50 bits per heavy atom. The molecule has 1 aliphatic rings. The van der Waals surface area contributed by atoms with E-state index < -0.39 is 5.54 Å². The second-order valence-corrected chi connectivity index (χ2v) is 4.84. The number of rotatable bonds is 4. The Hall–Kier alpha value is -0.220. The van der Waals surface area contributed by atoms with E-state index >= 15 is 0 Å². The van der Waals surface area contributed by atoms with Gasteiger partial charge < -0.3 is 10.1 Å². The molecule has 1 aliphatic heterocycles. The largest absolute Gasteiger partial charge is 0.468 e. The summed E-state index contributed by atoms with van der Waals surface area (Å²) in [7, 11) is 1.47. The number of carbonyl (C=O) groups excluding carboxylic acids is 1. The summed E-state index contributed by atoms with van der Waals surface area (Å²) >= 11 is 1.91. The van der Waals surface area contributed by atoms with Crippen LogP contribution in [0.4, 0.5) is 0 Å². The Balaban J connectivity index is 2.61. The number of ether oxygens (including phenoxy) is 1. The molecule has 1 fully saturated rings. The Morgan fingerprint density at radius 3 is 2.64 bits per heavy atom. The van der Waals surface area contributed by atoms with Crippen LogP contribution in [0.1, 0.15) is 26.2 Å². The minimum Gasteiger partial charge on any atom is -0.468 e. The fourth-order valence-electron chi connectivity index (χ4n) is 1.73. The maximum absolute atomic E-state index is 11.7. The van der Waals surface area contributed by atoms with Gasteiger partial charge in [0.05, 0.1) is 7.11 Å². The summed E-state index contributed by atoms with van der Waals surface area (Å²) in [4.78, 5) is 11.7. The van der Waals surface area contributed by atoms with Crippen LogP contribution in [0, 0.1) is 0 Å². The molecule has 0 radical (unpaired) electrons. The molecule has 3 nitrogen and oxygen atoms in total. The van der Waals surface area contributed by atoms with Gasteiger partial charge in [-0.15, -0.1) is 0 Å². The molecule has 4 heteroatoms. The van der Waals surface area contributed by atoms with Crippen LogP contribution in [0.2, 0.25) is 0 Å². The fraction of sp³-hybridized carbons (Fsp3) is 0.900. The van der Waals surface area contributed by atoms with Gasteiger partial charge in [-0.3, -0.25) is 4.79 Å². The normalized spacial score (nSPS) is 20.4. The lowest BCUT2D eigenvalue weighted by Gasteiger charge is -2.35. The zero-order chi connectivity index (χ0) is 10.4. The van der Waals surface area contributed by atoms with E-state index in [9.17, 15) is 4.79 Å². The number of hydrogen-bond donors (Lipinski definition) is 1. The average Bonchev–Trinajstić information content (AvgIpc) is 2.26. The lowest BCUT2D eigenvalue weighted by Crippen LogP contribution is -2.55. The van der Waals surface area contributed by atoms with Gasteiger partial charge in [0, 0.05) is 0 Å². The summed E-state index contributed by atoms with van der Waals surface area (Å²) in [6.07, 6.45) is 2.83. The lowest BCUT2D eigenvalue weighted by molar-refractivity contribution is -0.149. The first kappa shape index (κ1) is 11.9. The van der Waals surface area contributed by atoms with E-state index in [1.165, 1.54) is 7.11 Å². The van der Waals surface area contributed by atoms with Gasteiger partial charge in [-0.25, -0.2) is 0 Å². The Kier molecular flexibility index (Phi) is 4.75. The van der Waals surface area contributed by atoms with Crippen molar-refractivity contribution >= 4 is 17.7 Å². The van der Waals surface area contributed by atoms with Crippen LogP contribution in [-0.2, 0) is 9.53 Å². The molecule has 0 unspecified atom stereocenters. The van der Waals surface area contributed by atoms with Gasteiger partial charge in [-0.1, -0.05) is 6.92 Å². The third-order valence-corrected chi connectivity index (χ3v) is 3.62. The average molecular weight is 217 g/mol. The molecule has 0 saturated carbocycles. The number of carbonyl (C=O) groups is 1. The van der Waals surface area contributed by atoms with E-state index in [0.29, 0.717) is 0 Å². The van der Waals surface area contributed by atoms with Gasteiger partial charge in [0.2, 0.25) is 0 Å². The molecular formula is C10H19NO2S. The maximum Gasteiger partial charge on any atom is 0.326 e. The smallest absolute Gasteiger partial charge is 0.326 e. The van der Waals surface area contributed by atoms with Crippen molar-refractivity contribution in [3.8, 4) is 0 Å². The number of hydrogen-bond acceptors (Lipinski definition) is 4. The maximum atomic E-state index is 11.7. The number of esters is 1. The van der Waals surface area contributed by atoms with Crippen LogP contribution >= 0.6 is 11.8 Å². The van der Waals surface area contributed by atoms with Gasteiger partial charge in [0.25, 0.3) is 0 Å². The number of methoxy groups -OCH3 is 1. The van der Waals surface area contributed by atoms with Crippen LogP contribution in [0.15, 0.2) is 0 Å². The fourth-order valence-corrected chi connectivity index (χ4v) is 2.92. The minimum absolute atomic E-state index is 0.0914. The van der Waals surface area contributed by atoms with Crippen molar-refractivity contribution in [3.05, 3.63) is 0 Å². The Morgan fingerprint density at radius 2 is 2.14 bits per heavy atom. The van der Waals surface area contributed by atoms with Crippen LogP contribution in [0.5, 0.6) is 0 Å². The highest BCUT2D eigenvalue weighted by Crippen LogP contribution is 2.28. The molecule has 0 aromatic carbocycles. The summed E-state index contributed by atoms with van der Waals surface area (Å²) in [6, 6.07) is 0. The second kappa shape index (κ2) is 5.61. The molecule has 1 saturated heterocycles. The molecule has 0 bridgehead atoms. The zero-order valence-corrected chi connectivity index (χ0v) is 9.78. The SMILES string of the molecule is CCCNC1(C(=O)OC)CCSCC1. The molecule has 0 amide bonds. The summed E-state index contributed by atoms with van der Waals surface area (Å²) in [5.41, 5.74) is -0.393. The van der Waals surface area contributed by atoms with E-state index in [1.54, 1.807) is 0 Å². The second-order valence-electron chi connectivity index (χ2n) is 3.61. The highest BCUT2D eigenvalue weighted by atomic mass is 32.2. The summed E-state index contributed by atoms with van der Waals surface area (Å²) < 4.78 is 4.88. The van der Waals surface area contributed by atoms with Crippen LogP contribution in [0.25, 0.3) is 0 Å². The number of thioether (sulfide) groups is 1. The molecule has 0 aromatic heterocycles. The quantitative estimate of drug-likeness (QED) is 0.723. The van der Waals surface area contributed by atoms with Gasteiger partial charge in [0.15, 0.2) is 0 Å². The molecule has 0 aliphatic carbocycles. The first-order valence-electron chi connectivity index (χ1n) is 5.16. The monoisotopic (exact) mass is 217 g/mol. The van der Waals surface area contributed by atoms with E-state index in [1.807, 2.05) is 11.8 Å². The van der Waals surface area contributed by atoms with Crippen molar-refractivity contribution in [3.63, 3.8) is 0 Å². The van der Waals surface area contributed by atoms with Gasteiger partial charge >= 0.3 is 5.97 Å². The van der Waals surface area contributed by atoms with E-state index in [4.69, 9.17) is 4.74 Å². The predicted molar refractivity (Wildman–Crippen MR) is 59.6 cm³/mol. The van der Waals surface area contributed by atoms with Crippen molar-refractivity contribution < 1.29 is 9.53 Å². The Bertz CT molecular complexity index is 191. The van der Waals surface area contributed by atoms with Crippen molar-refractivity contribution in [2.75, 3.05) is 25.2 Å². The van der Waals surface area contributed by atoms with E-state index in [-0.39, 0.29) is 5.97 Å². The van der Waals surface area contributed by atoms with Crippen LogP contribution in [-0.4, -0.2) is 36.7 Å². The molecule has 0 spiro atoms. The van der Waals surface area contributed by atoms with Crippen molar-refractivity contribution in [1.82, 2.24) is 5.32 Å². The van der Waals surface area contributed by atoms with E-state index in [2.05, 4.69) is 12.2 Å². The van der Waals surface area contributed by atoms with Gasteiger partial charge in [-0.2, -0.15) is 11.8 Å². The van der Waals surface area contributed by atoms with Crippen molar-refractivity contribution in [1.29, 1.82) is 0 Å². The molecule has 1 rings (SSSR count). The standard InChI is InChI=1S/C10H19NO2S/c1-3-6-11-10(9(12)13-2)4-7-14-8-5-10/h11H,3-8H2,1-2H3. The third kappa shape index (κ3) is 2.64. The first-order chi connectivity index (χ1) is 6.75. The topological polar surface area (TPSA) is 38.3 Å². The lowest BCUT2D eigenvalue weighted by atomic mass is 9.92. The van der Waals surface area contributed by atoms with Crippen molar-refractivity contribution in [2.24, 2.45) is 0 Å². The molecule has 0 atom stereocenters. The predicted octanol–water partition coefficient (Wildman–Crippen LogP) is 1.42. The third-order valence-electron chi connectivity index (χ3n) is 2.64. The van der Waals surface area contributed by atoms with Crippen LogP contribution in [0.3, 0.4) is 0 Å². The molecule has 82 valence electrons.